The first-order chi connectivity index (χ1) is 12.4. The van der Waals surface area contributed by atoms with E-state index in [1.165, 1.54) is 0 Å². The molecular formula is C17H18F3N3O3. The van der Waals surface area contributed by atoms with Crippen LogP contribution in [0.2, 0.25) is 0 Å². The molecule has 0 unspecified atom stereocenters. The Morgan fingerprint density at radius 2 is 2.04 bits per heavy atom. The van der Waals surface area contributed by atoms with Crippen LogP contribution >= 0.6 is 0 Å². The molecule has 2 aromatic rings. The second-order valence-corrected chi connectivity index (χ2v) is 6.13. The Balaban J connectivity index is 1.56. The molecule has 0 spiro atoms. The zero-order valence-corrected chi connectivity index (χ0v) is 14.1. The third kappa shape index (κ3) is 4.14. The van der Waals surface area contributed by atoms with Crippen molar-refractivity contribution in [3.63, 3.8) is 0 Å². The first kappa shape index (κ1) is 18.2. The topological polar surface area (TPSA) is 68.5 Å². The summed E-state index contributed by atoms with van der Waals surface area (Å²) >= 11 is 0. The van der Waals surface area contributed by atoms with E-state index in [2.05, 4.69) is 10.2 Å². The molecule has 1 aliphatic rings. The number of halogens is 3. The summed E-state index contributed by atoms with van der Waals surface area (Å²) in [5.74, 6) is -0.954. The van der Waals surface area contributed by atoms with E-state index in [-0.39, 0.29) is 24.1 Å². The number of aromatic nitrogens is 2. The second kappa shape index (κ2) is 7.35. The lowest BCUT2D eigenvalue weighted by Gasteiger charge is -2.30. The molecule has 1 fully saturated rings. The van der Waals surface area contributed by atoms with Crippen molar-refractivity contribution >= 4 is 5.91 Å². The Kier molecular flexibility index (Phi) is 5.15. The van der Waals surface area contributed by atoms with Crippen molar-refractivity contribution in [3.05, 3.63) is 41.6 Å². The van der Waals surface area contributed by atoms with Crippen molar-refractivity contribution in [1.82, 2.24) is 15.1 Å². The third-order valence-electron chi connectivity index (χ3n) is 4.37. The number of likely N-dealkylation sites (tertiary alicyclic amines) is 1. The van der Waals surface area contributed by atoms with Crippen LogP contribution in [0, 0.1) is 0 Å². The summed E-state index contributed by atoms with van der Waals surface area (Å²) in [5, 5.41) is 6.56. The number of ether oxygens (including phenoxy) is 1. The highest BCUT2D eigenvalue weighted by Crippen LogP contribution is 2.32. The second-order valence-electron chi connectivity index (χ2n) is 6.13. The molecule has 2 heterocycles. The normalized spacial score (nSPS) is 15.9. The minimum absolute atomic E-state index is 0.0165. The number of nitrogens with zero attached hydrogens (tertiary/aromatic N) is 3. The molecule has 9 heteroatoms. The van der Waals surface area contributed by atoms with Crippen LogP contribution in [0.1, 0.15) is 36.1 Å². The van der Waals surface area contributed by atoms with Gasteiger partial charge in [-0.1, -0.05) is 12.1 Å². The number of carbonyl (C=O) groups is 1. The van der Waals surface area contributed by atoms with Gasteiger partial charge in [-0.15, -0.1) is 10.2 Å². The van der Waals surface area contributed by atoms with E-state index < -0.39 is 12.1 Å². The first-order valence-corrected chi connectivity index (χ1v) is 8.18. The number of alkyl halides is 3. The van der Waals surface area contributed by atoms with E-state index >= 15 is 0 Å². The highest BCUT2D eigenvalue weighted by molar-refractivity contribution is 5.79. The molecule has 140 valence electrons. The number of hydrogen-bond acceptors (Lipinski definition) is 5. The number of amides is 1. The SMILES string of the molecule is COc1cccc(CC(=O)N2CCC(c3nnc(C(F)(F)F)o3)CC2)c1. The molecule has 1 aliphatic heterocycles. The van der Waals surface area contributed by atoms with E-state index in [1.54, 1.807) is 18.1 Å². The van der Waals surface area contributed by atoms with Crippen LogP contribution in [-0.2, 0) is 17.4 Å². The molecule has 0 saturated carbocycles. The molecule has 0 bridgehead atoms. The van der Waals surface area contributed by atoms with Crippen LogP contribution in [0.15, 0.2) is 28.7 Å². The molecule has 0 aliphatic carbocycles. The minimum atomic E-state index is -4.64. The van der Waals surface area contributed by atoms with Crippen molar-refractivity contribution in [2.75, 3.05) is 20.2 Å². The molecule has 26 heavy (non-hydrogen) atoms. The minimum Gasteiger partial charge on any atom is -0.497 e. The maximum absolute atomic E-state index is 12.5. The van der Waals surface area contributed by atoms with Crippen LogP contribution in [-0.4, -0.2) is 41.2 Å². The van der Waals surface area contributed by atoms with Crippen molar-refractivity contribution in [2.45, 2.75) is 31.4 Å². The van der Waals surface area contributed by atoms with Crippen LogP contribution in [0.4, 0.5) is 13.2 Å². The predicted molar refractivity (Wildman–Crippen MR) is 84.6 cm³/mol. The van der Waals surface area contributed by atoms with Crippen LogP contribution in [0.5, 0.6) is 5.75 Å². The van der Waals surface area contributed by atoms with Gasteiger partial charge in [0.05, 0.1) is 13.5 Å². The molecule has 1 amide bonds. The van der Waals surface area contributed by atoms with Gasteiger partial charge < -0.3 is 14.1 Å². The monoisotopic (exact) mass is 369 g/mol. The standard InChI is InChI=1S/C17H18F3N3O3/c1-25-13-4-2-3-11(9-13)10-14(24)23-7-5-12(6-8-23)15-21-22-16(26-15)17(18,19)20/h2-4,9,12H,5-8,10H2,1H3. The Labute approximate surface area is 148 Å². The van der Waals surface area contributed by atoms with Gasteiger partial charge in [0.15, 0.2) is 0 Å². The van der Waals surface area contributed by atoms with E-state index in [0.29, 0.717) is 31.7 Å². The quantitative estimate of drug-likeness (QED) is 0.829. The lowest BCUT2D eigenvalue weighted by atomic mass is 9.96. The fraction of sp³-hybridized carbons (Fsp3) is 0.471. The summed E-state index contributed by atoms with van der Waals surface area (Å²) in [7, 11) is 1.56. The Bertz CT molecular complexity index is 768. The van der Waals surface area contributed by atoms with E-state index in [9.17, 15) is 18.0 Å². The number of benzene rings is 1. The zero-order chi connectivity index (χ0) is 18.7. The van der Waals surface area contributed by atoms with Gasteiger partial charge in [0.2, 0.25) is 11.8 Å². The number of rotatable bonds is 4. The summed E-state index contributed by atoms with van der Waals surface area (Å²) in [5.41, 5.74) is 0.850. The lowest BCUT2D eigenvalue weighted by molar-refractivity contribution is -0.157. The summed E-state index contributed by atoms with van der Waals surface area (Å²) in [4.78, 5) is 14.1. The Morgan fingerprint density at radius 3 is 2.65 bits per heavy atom. The molecule has 6 nitrogen and oxygen atoms in total. The molecule has 1 aromatic carbocycles. The van der Waals surface area contributed by atoms with Crippen molar-refractivity contribution in [1.29, 1.82) is 0 Å². The van der Waals surface area contributed by atoms with E-state index in [4.69, 9.17) is 9.15 Å². The van der Waals surface area contributed by atoms with Crippen molar-refractivity contribution < 1.29 is 27.1 Å². The highest BCUT2D eigenvalue weighted by Gasteiger charge is 2.39. The van der Waals surface area contributed by atoms with Gasteiger partial charge in [-0.25, -0.2) is 0 Å². The number of hydrogen-bond donors (Lipinski definition) is 0. The van der Waals surface area contributed by atoms with Crippen molar-refractivity contribution in [2.24, 2.45) is 0 Å². The average Bonchev–Trinajstić information content (AvgIpc) is 3.12. The summed E-state index contributed by atoms with van der Waals surface area (Å²) in [6.07, 6.45) is -3.41. The maximum atomic E-state index is 12.5. The molecule has 0 radical (unpaired) electrons. The molecule has 1 saturated heterocycles. The lowest BCUT2D eigenvalue weighted by Crippen LogP contribution is -2.38. The van der Waals surface area contributed by atoms with Gasteiger partial charge in [-0.2, -0.15) is 13.2 Å². The van der Waals surface area contributed by atoms with Gasteiger partial charge in [0.25, 0.3) is 0 Å². The predicted octanol–water partition coefficient (Wildman–Crippen LogP) is 3.05. The van der Waals surface area contributed by atoms with Gasteiger partial charge in [-0.3, -0.25) is 4.79 Å². The van der Waals surface area contributed by atoms with Crippen LogP contribution < -0.4 is 4.74 Å². The van der Waals surface area contributed by atoms with Crippen LogP contribution in [0.25, 0.3) is 0 Å². The fourth-order valence-electron chi connectivity index (χ4n) is 2.96. The highest BCUT2D eigenvalue weighted by atomic mass is 19.4. The van der Waals surface area contributed by atoms with Crippen LogP contribution in [0.3, 0.4) is 0 Å². The van der Waals surface area contributed by atoms with Crippen molar-refractivity contribution in [3.8, 4) is 5.75 Å². The maximum Gasteiger partial charge on any atom is 0.470 e. The molecule has 3 rings (SSSR count). The van der Waals surface area contributed by atoms with Gasteiger partial charge in [0, 0.05) is 19.0 Å². The summed E-state index contributed by atoms with van der Waals surface area (Å²) < 4.78 is 47.5. The molecule has 0 N–H and O–H groups in total. The third-order valence-corrected chi connectivity index (χ3v) is 4.37. The fourth-order valence-corrected chi connectivity index (χ4v) is 2.96. The number of piperidine rings is 1. The first-order valence-electron chi connectivity index (χ1n) is 8.18. The smallest absolute Gasteiger partial charge is 0.470 e. The van der Waals surface area contributed by atoms with E-state index in [0.717, 1.165) is 5.56 Å². The zero-order valence-electron chi connectivity index (χ0n) is 14.1. The Hall–Kier alpha value is -2.58. The Morgan fingerprint density at radius 1 is 1.31 bits per heavy atom. The number of carbonyl (C=O) groups excluding carboxylic acids is 1. The van der Waals surface area contributed by atoms with Gasteiger partial charge in [-0.05, 0) is 30.5 Å². The summed E-state index contributed by atoms with van der Waals surface area (Å²) in [6, 6.07) is 7.28. The molecule has 0 atom stereocenters. The summed E-state index contributed by atoms with van der Waals surface area (Å²) in [6.45, 7) is 0.883. The number of methoxy groups -OCH3 is 1. The van der Waals surface area contributed by atoms with Gasteiger partial charge >= 0.3 is 12.1 Å². The molecular weight excluding hydrogens is 351 g/mol. The molecule has 1 aromatic heterocycles. The van der Waals surface area contributed by atoms with Gasteiger partial charge in [0.1, 0.15) is 5.75 Å². The largest absolute Gasteiger partial charge is 0.497 e. The van der Waals surface area contributed by atoms with E-state index in [1.807, 2.05) is 18.2 Å². The average molecular weight is 369 g/mol.